The Morgan fingerprint density at radius 2 is 2.08 bits per heavy atom. The minimum absolute atomic E-state index is 0.0693. The Morgan fingerprint density at radius 1 is 1.38 bits per heavy atom. The average Bonchev–Trinajstić information content (AvgIpc) is 2.32. The van der Waals surface area contributed by atoms with E-state index in [1.165, 1.54) is 6.42 Å². The minimum Gasteiger partial charge on any atom is -0.341 e. The highest BCUT2D eigenvalue weighted by molar-refractivity contribution is 5.93. The topological polar surface area (TPSA) is 55.1 Å². The standard InChI is InChI=1S/C10H16N2O/c1-2-10(13)12-9-7-5-3-4-6-8(9)11/h1,8-9H,3-7,11H2,(H,12,13). The maximum absolute atomic E-state index is 10.9. The van der Waals surface area contributed by atoms with E-state index in [-0.39, 0.29) is 18.0 Å². The number of nitrogens with one attached hydrogen (secondary N) is 1. The van der Waals surface area contributed by atoms with Gasteiger partial charge in [0.25, 0.3) is 5.91 Å². The Kier molecular flexibility index (Phi) is 3.78. The molecule has 0 bridgehead atoms. The number of hydrogen-bond acceptors (Lipinski definition) is 2. The first-order valence-corrected chi connectivity index (χ1v) is 4.76. The number of rotatable bonds is 1. The molecule has 3 nitrogen and oxygen atoms in total. The summed E-state index contributed by atoms with van der Waals surface area (Å²) in [5, 5.41) is 2.76. The zero-order valence-corrected chi connectivity index (χ0v) is 7.75. The predicted molar refractivity (Wildman–Crippen MR) is 51.8 cm³/mol. The molecule has 72 valence electrons. The lowest BCUT2D eigenvalue weighted by molar-refractivity contribution is -0.116. The van der Waals surface area contributed by atoms with Gasteiger partial charge in [-0.25, -0.2) is 0 Å². The summed E-state index contributed by atoms with van der Waals surface area (Å²) in [5.74, 6) is 1.70. The third-order valence-corrected chi connectivity index (χ3v) is 2.52. The van der Waals surface area contributed by atoms with Crippen molar-refractivity contribution in [3.63, 3.8) is 0 Å². The van der Waals surface area contributed by atoms with Gasteiger partial charge in [0, 0.05) is 12.1 Å². The van der Waals surface area contributed by atoms with Crippen LogP contribution >= 0.6 is 0 Å². The molecule has 1 saturated carbocycles. The highest BCUT2D eigenvalue weighted by atomic mass is 16.1. The third kappa shape index (κ3) is 3.08. The lowest BCUT2D eigenvalue weighted by Gasteiger charge is -2.21. The fraction of sp³-hybridized carbons (Fsp3) is 0.700. The third-order valence-electron chi connectivity index (χ3n) is 2.52. The van der Waals surface area contributed by atoms with Crippen LogP contribution in [0.5, 0.6) is 0 Å². The van der Waals surface area contributed by atoms with Crippen molar-refractivity contribution < 1.29 is 4.79 Å². The summed E-state index contributed by atoms with van der Waals surface area (Å²) in [7, 11) is 0. The van der Waals surface area contributed by atoms with Gasteiger partial charge in [-0.3, -0.25) is 4.79 Å². The molecular weight excluding hydrogens is 164 g/mol. The van der Waals surface area contributed by atoms with Gasteiger partial charge >= 0.3 is 0 Å². The molecule has 1 fully saturated rings. The van der Waals surface area contributed by atoms with Gasteiger partial charge in [0.15, 0.2) is 0 Å². The van der Waals surface area contributed by atoms with Gasteiger partial charge in [-0.05, 0) is 18.8 Å². The first-order chi connectivity index (χ1) is 6.24. The van der Waals surface area contributed by atoms with Gasteiger partial charge in [0.2, 0.25) is 0 Å². The van der Waals surface area contributed by atoms with E-state index in [2.05, 4.69) is 5.32 Å². The summed E-state index contributed by atoms with van der Waals surface area (Å²) < 4.78 is 0. The van der Waals surface area contributed by atoms with Gasteiger partial charge in [0.05, 0.1) is 0 Å². The second-order valence-electron chi connectivity index (χ2n) is 3.53. The predicted octanol–water partition coefficient (Wildman–Crippen LogP) is 0.396. The normalized spacial score (nSPS) is 28.6. The van der Waals surface area contributed by atoms with Crippen LogP contribution in [0.4, 0.5) is 0 Å². The van der Waals surface area contributed by atoms with E-state index in [1.807, 2.05) is 5.92 Å². The van der Waals surface area contributed by atoms with E-state index < -0.39 is 0 Å². The lowest BCUT2D eigenvalue weighted by atomic mass is 10.0. The van der Waals surface area contributed by atoms with Crippen molar-refractivity contribution in [1.82, 2.24) is 5.32 Å². The zero-order chi connectivity index (χ0) is 9.68. The number of nitrogens with two attached hydrogens (primary N) is 1. The van der Waals surface area contributed by atoms with E-state index in [9.17, 15) is 4.79 Å². The molecule has 0 radical (unpaired) electrons. The van der Waals surface area contributed by atoms with Crippen LogP contribution in [-0.4, -0.2) is 18.0 Å². The van der Waals surface area contributed by atoms with Gasteiger partial charge in [0.1, 0.15) is 0 Å². The summed E-state index contributed by atoms with van der Waals surface area (Å²) in [6.07, 6.45) is 10.4. The molecule has 0 aromatic rings. The summed E-state index contributed by atoms with van der Waals surface area (Å²) in [4.78, 5) is 10.9. The number of carbonyl (C=O) groups is 1. The van der Waals surface area contributed by atoms with Crippen LogP contribution in [0, 0.1) is 12.3 Å². The summed E-state index contributed by atoms with van der Waals surface area (Å²) in [5.41, 5.74) is 5.90. The van der Waals surface area contributed by atoms with E-state index in [4.69, 9.17) is 12.2 Å². The molecule has 2 atom stereocenters. The number of terminal acetylenes is 1. The molecule has 0 heterocycles. The van der Waals surface area contributed by atoms with Crippen LogP contribution < -0.4 is 11.1 Å². The second-order valence-corrected chi connectivity index (χ2v) is 3.53. The van der Waals surface area contributed by atoms with Crippen LogP contribution in [0.15, 0.2) is 0 Å². The number of carbonyl (C=O) groups excluding carboxylic acids is 1. The Morgan fingerprint density at radius 3 is 2.77 bits per heavy atom. The van der Waals surface area contributed by atoms with Crippen molar-refractivity contribution in [3.8, 4) is 12.3 Å². The Hall–Kier alpha value is -1.01. The maximum Gasteiger partial charge on any atom is 0.295 e. The molecular formula is C10H16N2O. The van der Waals surface area contributed by atoms with Crippen molar-refractivity contribution >= 4 is 5.91 Å². The molecule has 0 aliphatic heterocycles. The van der Waals surface area contributed by atoms with Crippen molar-refractivity contribution in [1.29, 1.82) is 0 Å². The van der Waals surface area contributed by atoms with Crippen LogP contribution in [0.2, 0.25) is 0 Å². The fourth-order valence-electron chi connectivity index (χ4n) is 1.73. The van der Waals surface area contributed by atoms with Gasteiger partial charge in [-0.2, -0.15) is 0 Å². The number of amides is 1. The van der Waals surface area contributed by atoms with E-state index in [0.29, 0.717) is 0 Å². The Labute approximate surface area is 79.1 Å². The summed E-state index contributed by atoms with van der Waals surface area (Å²) >= 11 is 0. The smallest absolute Gasteiger partial charge is 0.295 e. The lowest BCUT2D eigenvalue weighted by Crippen LogP contribution is -2.46. The molecule has 13 heavy (non-hydrogen) atoms. The van der Waals surface area contributed by atoms with Crippen molar-refractivity contribution in [2.24, 2.45) is 5.73 Å². The van der Waals surface area contributed by atoms with E-state index in [1.54, 1.807) is 0 Å². The Bertz CT molecular complexity index is 219. The van der Waals surface area contributed by atoms with Crippen LogP contribution in [0.3, 0.4) is 0 Å². The highest BCUT2D eigenvalue weighted by Gasteiger charge is 2.20. The van der Waals surface area contributed by atoms with Crippen molar-refractivity contribution in [3.05, 3.63) is 0 Å². The average molecular weight is 180 g/mol. The van der Waals surface area contributed by atoms with Crippen LogP contribution in [0.1, 0.15) is 32.1 Å². The first-order valence-electron chi connectivity index (χ1n) is 4.76. The quantitative estimate of drug-likeness (QED) is 0.453. The van der Waals surface area contributed by atoms with Gasteiger partial charge < -0.3 is 11.1 Å². The van der Waals surface area contributed by atoms with E-state index >= 15 is 0 Å². The molecule has 0 saturated heterocycles. The molecule has 3 N–H and O–H groups in total. The highest BCUT2D eigenvalue weighted by Crippen LogP contribution is 2.16. The maximum atomic E-state index is 10.9. The van der Waals surface area contributed by atoms with E-state index in [0.717, 1.165) is 25.7 Å². The summed E-state index contributed by atoms with van der Waals surface area (Å²) in [6, 6.07) is 0.144. The van der Waals surface area contributed by atoms with Crippen LogP contribution in [-0.2, 0) is 4.79 Å². The monoisotopic (exact) mass is 180 g/mol. The SMILES string of the molecule is C#CC(=O)NC1CCCCCC1N. The first kappa shape index (κ1) is 10.1. The molecule has 0 spiro atoms. The van der Waals surface area contributed by atoms with Crippen LogP contribution in [0.25, 0.3) is 0 Å². The molecule has 1 aliphatic carbocycles. The van der Waals surface area contributed by atoms with Gasteiger partial charge in [-0.15, -0.1) is 6.42 Å². The molecule has 3 heteroatoms. The molecule has 1 aliphatic rings. The molecule has 0 aromatic carbocycles. The molecule has 1 rings (SSSR count). The van der Waals surface area contributed by atoms with Crippen molar-refractivity contribution in [2.75, 3.05) is 0 Å². The zero-order valence-electron chi connectivity index (χ0n) is 7.75. The minimum atomic E-state index is -0.345. The van der Waals surface area contributed by atoms with Crippen molar-refractivity contribution in [2.45, 2.75) is 44.2 Å². The largest absolute Gasteiger partial charge is 0.341 e. The Balaban J connectivity index is 2.46. The second kappa shape index (κ2) is 4.88. The molecule has 1 amide bonds. The molecule has 0 aromatic heterocycles. The molecule has 2 unspecified atom stereocenters. The fourth-order valence-corrected chi connectivity index (χ4v) is 1.73. The summed E-state index contributed by atoms with van der Waals surface area (Å²) in [6.45, 7) is 0. The number of hydrogen-bond donors (Lipinski definition) is 2. The van der Waals surface area contributed by atoms with Gasteiger partial charge in [-0.1, -0.05) is 19.3 Å².